The molecule has 1 heterocycles. The summed E-state index contributed by atoms with van der Waals surface area (Å²) in [6.07, 6.45) is -5.32. The Labute approximate surface area is 118 Å². The van der Waals surface area contributed by atoms with Crippen molar-refractivity contribution in [3.63, 3.8) is 0 Å². The van der Waals surface area contributed by atoms with Gasteiger partial charge in [0.25, 0.3) is 0 Å². The van der Waals surface area contributed by atoms with Crippen molar-refractivity contribution in [1.82, 2.24) is 4.98 Å². The minimum absolute atomic E-state index is 0.139. The van der Waals surface area contributed by atoms with Crippen LogP contribution in [0.3, 0.4) is 0 Å². The average molecular weight is 396 g/mol. The molecular formula is C9H6ClF3INO3. The van der Waals surface area contributed by atoms with Gasteiger partial charge in [-0.3, -0.25) is 4.79 Å². The second kappa shape index (κ2) is 5.91. The number of hydrogen-bond acceptors (Lipinski definition) is 3. The molecule has 0 aromatic carbocycles. The Kier molecular flexibility index (Phi) is 5.02. The number of carboxylic acid groups (broad SMARTS) is 1. The number of hydrogen-bond donors (Lipinski definition) is 1. The highest BCUT2D eigenvalue weighted by Crippen LogP contribution is 2.27. The summed E-state index contributed by atoms with van der Waals surface area (Å²) in [7, 11) is 0. The van der Waals surface area contributed by atoms with Crippen LogP contribution in [-0.2, 0) is 17.1 Å². The van der Waals surface area contributed by atoms with Gasteiger partial charge in [0.1, 0.15) is 0 Å². The van der Waals surface area contributed by atoms with Gasteiger partial charge in [-0.2, -0.15) is 0 Å². The van der Waals surface area contributed by atoms with Crippen LogP contribution in [-0.4, -0.2) is 22.4 Å². The molecule has 0 fully saturated rings. The third kappa shape index (κ3) is 4.48. The first-order valence-corrected chi connectivity index (χ1v) is 6.06. The molecular weight excluding hydrogens is 389 g/mol. The van der Waals surface area contributed by atoms with E-state index in [2.05, 4.69) is 9.72 Å². The number of carbonyl (C=O) groups is 1. The minimum Gasteiger partial charge on any atom is -0.481 e. The number of pyridine rings is 1. The first-order chi connectivity index (χ1) is 8.23. The van der Waals surface area contributed by atoms with Crippen molar-refractivity contribution in [2.24, 2.45) is 0 Å². The first-order valence-electron chi connectivity index (χ1n) is 4.44. The van der Waals surface area contributed by atoms with Crippen molar-refractivity contribution in [3.05, 3.63) is 20.9 Å². The van der Waals surface area contributed by atoms with Gasteiger partial charge in [-0.05, 0) is 28.2 Å². The molecule has 0 aliphatic rings. The second-order valence-electron chi connectivity index (χ2n) is 3.13. The number of halogens is 5. The molecule has 0 aliphatic carbocycles. The molecule has 0 unspecified atom stereocenters. The van der Waals surface area contributed by atoms with E-state index >= 15 is 0 Å². The van der Waals surface area contributed by atoms with E-state index in [1.165, 1.54) is 0 Å². The molecule has 0 spiro atoms. The number of ether oxygens (including phenoxy) is 1. The number of alkyl halides is 4. The van der Waals surface area contributed by atoms with Crippen LogP contribution in [0.5, 0.6) is 5.88 Å². The number of rotatable bonds is 4. The quantitative estimate of drug-likeness (QED) is 0.629. The van der Waals surface area contributed by atoms with Gasteiger partial charge in [-0.15, -0.1) is 24.8 Å². The molecule has 1 aromatic rings. The van der Waals surface area contributed by atoms with Crippen molar-refractivity contribution in [3.8, 4) is 5.88 Å². The molecule has 1 aromatic heterocycles. The van der Waals surface area contributed by atoms with E-state index in [1.54, 1.807) is 22.6 Å². The van der Waals surface area contributed by atoms with E-state index in [-0.39, 0.29) is 17.1 Å². The zero-order valence-electron chi connectivity index (χ0n) is 8.59. The molecule has 0 saturated carbocycles. The molecule has 100 valence electrons. The number of aromatic nitrogens is 1. The SMILES string of the molecule is O=C(O)Cc1cc(OC(F)(F)F)nc(CCl)c1I. The van der Waals surface area contributed by atoms with Crippen LogP contribution in [0.4, 0.5) is 13.2 Å². The number of nitrogens with zero attached hydrogens (tertiary/aromatic N) is 1. The summed E-state index contributed by atoms with van der Waals surface area (Å²) in [5, 5.41) is 8.66. The van der Waals surface area contributed by atoms with Crippen LogP contribution in [0.15, 0.2) is 6.07 Å². The lowest BCUT2D eigenvalue weighted by molar-refractivity contribution is -0.276. The molecule has 0 atom stereocenters. The van der Waals surface area contributed by atoms with Crippen molar-refractivity contribution in [1.29, 1.82) is 0 Å². The molecule has 0 bridgehead atoms. The Balaban J connectivity index is 3.17. The van der Waals surface area contributed by atoms with Gasteiger partial charge in [0.05, 0.1) is 18.0 Å². The largest absolute Gasteiger partial charge is 0.574 e. The van der Waals surface area contributed by atoms with Crippen molar-refractivity contribution < 1.29 is 27.8 Å². The molecule has 0 radical (unpaired) electrons. The van der Waals surface area contributed by atoms with E-state index < -0.39 is 24.6 Å². The standard InChI is InChI=1S/C9H6ClF3INO3/c10-3-5-8(14)4(2-7(16)17)1-6(15-5)18-9(11,12)13/h1H,2-3H2,(H,16,17). The molecule has 18 heavy (non-hydrogen) atoms. The van der Waals surface area contributed by atoms with E-state index in [0.29, 0.717) is 3.57 Å². The zero-order chi connectivity index (χ0) is 13.9. The molecule has 9 heteroatoms. The predicted octanol–water partition coefficient (Wildman–Crippen LogP) is 2.95. The summed E-state index contributed by atoms with van der Waals surface area (Å²) in [4.78, 5) is 14.2. The van der Waals surface area contributed by atoms with Crippen molar-refractivity contribution in [2.45, 2.75) is 18.7 Å². The zero-order valence-corrected chi connectivity index (χ0v) is 11.5. The van der Waals surface area contributed by atoms with Crippen LogP contribution < -0.4 is 4.74 Å². The van der Waals surface area contributed by atoms with E-state index in [4.69, 9.17) is 16.7 Å². The molecule has 4 nitrogen and oxygen atoms in total. The van der Waals surface area contributed by atoms with Crippen LogP contribution in [0.2, 0.25) is 0 Å². The lowest BCUT2D eigenvalue weighted by atomic mass is 10.1. The minimum atomic E-state index is -4.89. The summed E-state index contributed by atoms with van der Waals surface area (Å²) in [5.74, 6) is -2.02. The van der Waals surface area contributed by atoms with Crippen LogP contribution in [0, 0.1) is 3.57 Å². The Bertz CT molecular complexity index is 467. The molecule has 0 amide bonds. The fraction of sp³-hybridized carbons (Fsp3) is 0.333. The maximum absolute atomic E-state index is 12.1. The predicted molar refractivity (Wildman–Crippen MR) is 64.5 cm³/mol. The highest BCUT2D eigenvalue weighted by atomic mass is 127. The van der Waals surface area contributed by atoms with Crippen molar-refractivity contribution in [2.75, 3.05) is 0 Å². The average Bonchev–Trinajstić information content (AvgIpc) is 2.19. The van der Waals surface area contributed by atoms with Gasteiger partial charge < -0.3 is 9.84 Å². The van der Waals surface area contributed by atoms with E-state index in [9.17, 15) is 18.0 Å². The van der Waals surface area contributed by atoms with Gasteiger partial charge in [-0.1, -0.05) is 0 Å². The summed E-state index contributed by atoms with van der Waals surface area (Å²) < 4.78 is 40.2. The Morgan fingerprint density at radius 2 is 2.17 bits per heavy atom. The first kappa shape index (κ1) is 15.3. The van der Waals surface area contributed by atoms with Gasteiger partial charge in [0.2, 0.25) is 5.88 Å². The third-order valence-corrected chi connectivity index (χ3v) is 3.34. The Morgan fingerprint density at radius 1 is 1.56 bits per heavy atom. The van der Waals surface area contributed by atoms with E-state index in [1.807, 2.05) is 0 Å². The van der Waals surface area contributed by atoms with Crippen LogP contribution >= 0.6 is 34.2 Å². The number of carboxylic acids is 1. The monoisotopic (exact) mass is 395 g/mol. The maximum Gasteiger partial charge on any atom is 0.574 e. The fourth-order valence-corrected chi connectivity index (χ4v) is 2.24. The highest BCUT2D eigenvalue weighted by molar-refractivity contribution is 14.1. The van der Waals surface area contributed by atoms with Gasteiger partial charge in [-0.25, -0.2) is 4.98 Å². The van der Waals surface area contributed by atoms with Gasteiger partial charge in [0.15, 0.2) is 0 Å². The molecule has 1 N–H and O–H groups in total. The van der Waals surface area contributed by atoms with Crippen molar-refractivity contribution >= 4 is 40.2 Å². The maximum atomic E-state index is 12.1. The fourth-order valence-electron chi connectivity index (χ4n) is 1.16. The lowest BCUT2D eigenvalue weighted by Gasteiger charge is -2.12. The molecule has 0 aliphatic heterocycles. The number of aliphatic carboxylic acids is 1. The Hall–Kier alpha value is -0.770. The topological polar surface area (TPSA) is 59.4 Å². The van der Waals surface area contributed by atoms with Crippen LogP contribution in [0.25, 0.3) is 0 Å². The highest BCUT2D eigenvalue weighted by Gasteiger charge is 2.32. The summed E-state index contributed by atoms with van der Waals surface area (Å²) >= 11 is 7.31. The Morgan fingerprint density at radius 3 is 2.61 bits per heavy atom. The van der Waals surface area contributed by atoms with Gasteiger partial charge in [0, 0.05) is 9.64 Å². The smallest absolute Gasteiger partial charge is 0.481 e. The normalized spacial score (nSPS) is 11.4. The lowest BCUT2D eigenvalue weighted by Crippen LogP contribution is -2.19. The second-order valence-corrected chi connectivity index (χ2v) is 4.48. The van der Waals surface area contributed by atoms with E-state index in [0.717, 1.165) is 6.07 Å². The molecule has 0 saturated heterocycles. The summed E-state index contributed by atoms with van der Waals surface area (Å²) in [6.45, 7) is 0. The molecule has 1 rings (SSSR count). The van der Waals surface area contributed by atoms with Crippen LogP contribution in [0.1, 0.15) is 11.3 Å². The summed E-state index contributed by atoms with van der Waals surface area (Å²) in [6, 6.07) is 0.944. The third-order valence-electron chi connectivity index (χ3n) is 1.77. The van der Waals surface area contributed by atoms with Gasteiger partial charge >= 0.3 is 12.3 Å². The summed E-state index contributed by atoms with van der Waals surface area (Å²) in [5.41, 5.74) is 0.322.